The highest BCUT2D eigenvalue weighted by Gasteiger charge is 2.08. The van der Waals surface area contributed by atoms with E-state index in [9.17, 15) is 0 Å². The third-order valence-corrected chi connectivity index (χ3v) is 3.01. The molecule has 0 saturated heterocycles. The highest BCUT2D eigenvalue weighted by atomic mass is 79.9. The number of rotatable bonds is 3. The number of nitrogen functional groups attached to an aromatic ring is 1. The molecule has 1 aromatic heterocycles. The number of nitrogens with one attached hydrogen (secondary N) is 1. The van der Waals surface area contributed by atoms with Crippen LogP contribution in [0.15, 0.2) is 34.9 Å². The molecular weight excluding hydrogens is 306 g/mol. The Bertz CT molecular complexity index is 598. The van der Waals surface area contributed by atoms with E-state index in [4.69, 9.17) is 11.0 Å². The molecule has 5 nitrogen and oxygen atoms in total. The van der Waals surface area contributed by atoms with Gasteiger partial charge in [-0.05, 0) is 40.5 Å². The van der Waals surface area contributed by atoms with Crippen molar-refractivity contribution in [3.05, 3.63) is 46.1 Å². The van der Waals surface area contributed by atoms with Gasteiger partial charge in [0, 0.05) is 6.07 Å². The lowest BCUT2D eigenvalue weighted by Gasteiger charge is -2.14. The highest BCUT2D eigenvalue weighted by Crippen LogP contribution is 2.19. The Kier molecular flexibility index (Phi) is 3.97. The van der Waals surface area contributed by atoms with Crippen molar-refractivity contribution in [3.8, 4) is 6.07 Å². The van der Waals surface area contributed by atoms with Crippen molar-refractivity contribution in [3.63, 3.8) is 0 Å². The fraction of sp³-hybridized carbons (Fsp3) is 0.154. The second kappa shape index (κ2) is 5.67. The Hall–Kier alpha value is -2.13. The van der Waals surface area contributed by atoms with Gasteiger partial charge in [-0.15, -0.1) is 0 Å². The molecule has 0 aliphatic rings. The molecule has 1 unspecified atom stereocenters. The Morgan fingerprint density at radius 1 is 1.32 bits per heavy atom. The molecule has 0 amide bonds. The van der Waals surface area contributed by atoms with Gasteiger partial charge in [0.2, 0.25) is 5.95 Å². The predicted molar refractivity (Wildman–Crippen MR) is 77.3 cm³/mol. The van der Waals surface area contributed by atoms with E-state index >= 15 is 0 Å². The summed E-state index contributed by atoms with van der Waals surface area (Å²) in [4.78, 5) is 8.30. The Morgan fingerprint density at radius 2 is 2.00 bits per heavy atom. The predicted octanol–water partition coefficient (Wildman–Crippen LogP) is 2.87. The van der Waals surface area contributed by atoms with Crippen LogP contribution in [0.25, 0.3) is 0 Å². The molecule has 0 saturated carbocycles. The van der Waals surface area contributed by atoms with E-state index in [2.05, 4.69) is 37.3 Å². The molecule has 0 bridgehead atoms. The second-order valence-electron chi connectivity index (χ2n) is 4.04. The monoisotopic (exact) mass is 317 g/mol. The van der Waals surface area contributed by atoms with Crippen LogP contribution >= 0.6 is 15.9 Å². The lowest BCUT2D eigenvalue weighted by atomic mass is 10.1. The smallest absolute Gasteiger partial charge is 0.226 e. The first-order valence-electron chi connectivity index (χ1n) is 5.65. The van der Waals surface area contributed by atoms with Crippen molar-refractivity contribution in [1.82, 2.24) is 9.97 Å². The average molecular weight is 318 g/mol. The molecule has 6 heteroatoms. The third kappa shape index (κ3) is 3.42. The maximum absolute atomic E-state index is 8.76. The topological polar surface area (TPSA) is 87.6 Å². The molecule has 1 aromatic carbocycles. The molecule has 1 atom stereocenters. The molecule has 1 heterocycles. The van der Waals surface area contributed by atoms with Crippen molar-refractivity contribution in [2.45, 2.75) is 13.0 Å². The molecule has 0 aliphatic carbocycles. The maximum atomic E-state index is 8.76. The summed E-state index contributed by atoms with van der Waals surface area (Å²) in [6.07, 6.45) is 0. The molecular formula is C13H12BrN5. The lowest BCUT2D eigenvalue weighted by molar-refractivity contribution is 0.859. The Labute approximate surface area is 119 Å². The molecule has 2 aromatic rings. The molecule has 2 rings (SSSR count). The SMILES string of the molecule is CC(Nc1nc(N)cc(Br)n1)c1ccc(C#N)cc1. The van der Waals surface area contributed by atoms with Crippen LogP contribution in [-0.4, -0.2) is 9.97 Å². The number of benzene rings is 1. The molecule has 0 spiro atoms. The largest absolute Gasteiger partial charge is 0.383 e. The van der Waals surface area contributed by atoms with Crippen molar-refractivity contribution < 1.29 is 0 Å². The number of aromatic nitrogens is 2. The molecule has 3 N–H and O–H groups in total. The summed E-state index contributed by atoms with van der Waals surface area (Å²) < 4.78 is 0.634. The minimum atomic E-state index is 0.0152. The van der Waals surface area contributed by atoms with Gasteiger partial charge in [-0.1, -0.05) is 12.1 Å². The number of halogens is 1. The molecule has 96 valence electrons. The van der Waals surface area contributed by atoms with Gasteiger partial charge in [0.05, 0.1) is 17.7 Å². The number of hydrogen-bond donors (Lipinski definition) is 2. The van der Waals surface area contributed by atoms with Crippen molar-refractivity contribution in [1.29, 1.82) is 5.26 Å². The van der Waals surface area contributed by atoms with Gasteiger partial charge in [-0.3, -0.25) is 0 Å². The molecule has 0 aliphatic heterocycles. The minimum Gasteiger partial charge on any atom is -0.383 e. The first-order valence-corrected chi connectivity index (χ1v) is 6.44. The van der Waals surface area contributed by atoms with Gasteiger partial charge in [-0.25, -0.2) is 4.98 Å². The van der Waals surface area contributed by atoms with Crippen LogP contribution < -0.4 is 11.1 Å². The number of nitrogens with two attached hydrogens (primary N) is 1. The van der Waals surface area contributed by atoms with Gasteiger partial charge in [0.25, 0.3) is 0 Å². The summed E-state index contributed by atoms with van der Waals surface area (Å²) in [5.41, 5.74) is 7.34. The summed E-state index contributed by atoms with van der Waals surface area (Å²) >= 11 is 3.27. The van der Waals surface area contributed by atoms with Gasteiger partial charge in [-0.2, -0.15) is 10.2 Å². The first-order chi connectivity index (χ1) is 9.08. The second-order valence-corrected chi connectivity index (χ2v) is 4.85. The first kappa shape index (κ1) is 13.3. The summed E-state index contributed by atoms with van der Waals surface area (Å²) in [6, 6.07) is 11.1. The van der Waals surface area contributed by atoms with E-state index in [1.165, 1.54) is 0 Å². The summed E-state index contributed by atoms with van der Waals surface area (Å²) in [7, 11) is 0. The van der Waals surface area contributed by atoms with E-state index in [0.29, 0.717) is 21.9 Å². The molecule has 19 heavy (non-hydrogen) atoms. The standard InChI is InChI=1S/C13H12BrN5/c1-8(10-4-2-9(7-15)3-5-10)17-13-18-11(14)6-12(16)19-13/h2-6,8H,1H3,(H3,16,17,18,19). The van der Waals surface area contributed by atoms with E-state index in [1.54, 1.807) is 18.2 Å². The fourth-order valence-corrected chi connectivity index (χ4v) is 2.03. The van der Waals surface area contributed by atoms with Crippen molar-refractivity contribution in [2.24, 2.45) is 0 Å². The molecule has 0 fully saturated rings. The van der Waals surface area contributed by atoms with Crippen LogP contribution in [0.3, 0.4) is 0 Å². The van der Waals surface area contributed by atoms with E-state index in [-0.39, 0.29) is 6.04 Å². The normalized spacial score (nSPS) is 11.6. The number of nitriles is 1. The summed E-state index contributed by atoms with van der Waals surface area (Å²) in [5.74, 6) is 0.861. The van der Waals surface area contributed by atoms with Crippen LogP contribution in [0.4, 0.5) is 11.8 Å². The van der Waals surface area contributed by atoms with Gasteiger partial charge in [0.1, 0.15) is 10.4 Å². The summed E-state index contributed by atoms with van der Waals surface area (Å²) in [5, 5.41) is 11.9. The lowest BCUT2D eigenvalue weighted by Crippen LogP contribution is -2.10. The van der Waals surface area contributed by atoms with E-state index in [1.807, 2.05) is 19.1 Å². The van der Waals surface area contributed by atoms with E-state index in [0.717, 1.165) is 5.56 Å². The van der Waals surface area contributed by atoms with Crippen LogP contribution in [0.2, 0.25) is 0 Å². The third-order valence-electron chi connectivity index (χ3n) is 2.60. The van der Waals surface area contributed by atoms with Crippen LogP contribution in [0.1, 0.15) is 24.1 Å². The van der Waals surface area contributed by atoms with Crippen LogP contribution in [-0.2, 0) is 0 Å². The van der Waals surface area contributed by atoms with Gasteiger partial charge in [0.15, 0.2) is 0 Å². The van der Waals surface area contributed by atoms with Crippen LogP contribution in [0, 0.1) is 11.3 Å². The zero-order valence-electron chi connectivity index (χ0n) is 10.3. The van der Waals surface area contributed by atoms with Gasteiger partial charge >= 0.3 is 0 Å². The van der Waals surface area contributed by atoms with E-state index < -0.39 is 0 Å². The van der Waals surface area contributed by atoms with Crippen molar-refractivity contribution in [2.75, 3.05) is 11.1 Å². The van der Waals surface area contributed by atoms with Crippen LogP contribution in [0.5, 0.6) is 0 Å². The van der Waals surface area contributed by atoms with Crippen molar-refractivity contribution >= 4 is 27.7 Å². The quantitative estimate of drug-likeness (QED) is 0.850. The number of anilines is 2. The average Bonchev–Trinajstić information content (AvgIpc) is 2.37. The highest BCUT2D eigenvalue weighted by molar-refractivity contribution is 9.10. The zero-order valence-corrected chi connectivity index (χ0v) is 11.8. The number of nitrogens with zero attached hydrogens (tertiary/aromatic N) is 3. The fourth-order valence-electron chi connectivity index (χ4n) is 1.62. The zero-order chi connectivity index (χ0) is 13.8. The maximum Gasteiger partial charge on any atom is 0.226 e. The minimum absolute atomic E-state index is 0.0152. The summed E-state index contributed by atoms with van der Waals surface area (Å²) in [6.45, 7) is 1.99. The number of hydrogen-bond acceptors (Lipinski definition) is 5. The Balaban J connectivity index is 2.15. The Morgan fingerprint density at radius 3 is 2.58 bits per heavy atom. The van der Waals surface area contributed by atoms with Gasteiger partial charge < -0.3 is 11.1 Å². The molecule has 0 radical (unpaired) electrons.